The second kappa shape index (κ2) is 7.50. The van der Waals surface area contributed by atoms with E-state index >= 15 is 0 Å². The fraction of sp³-hybridized carbons (Fsp3) is 0.381. The van der Waals surface area contributed by atoms with Crippen LogP contribution in [0.2, 0.25) is 0 Å². The van der Waals surface area contributed by atoms with Crippen molar-refractivity contribution in [1.82, 2.24) is 19.8 Å². The molecule has 0 N–H and O–H groups in total. The fourth-order valence-electron chi connectivity index (χ4n) is 3.22. The quantitative estimate of drug-likeness (QED) is 0.629. The summed E-state index contributed by atoms with van der Waals surface area (Å²) in [4.78, 5) is 12.4. The van der Waals surface area contributed by atoms with Gasteiger partial charge < -0.3 is 9.47 Å². The lowest BCUT2D eigenvalue weighted by atomic mass is 10.1. The number of benzene rings is 2. The third-order valence-corrected chi connectivity index (χ3v) is 4.73. The van der Waals surface area contributed by atoms with Crippen LogP contribution in [0.3, 0.4) is 0 Å². The normalized spacial score (nSPS) is 13.7. The number of aromatic nitrogens is 4. The lowest BCUT2D eigenvalue weighted by Gasteiger charge is -2.18. The Morgan fingerprint density at radius 2 is 1.82 bits per heavy atom. The Labute approximate surface area is 163 Å². The van der Waals surface area contributed by atoms with Crippen molar-refractivity contribution in [3.05, 3.63) is 64.1 Å². The first-order valence-corrected chi connectivity index (χ1v) is 9.54. The van der Waals surface area contributed by atoms with E-state index in [4.69, 9.17) is 9.47 Å². The Kier molecular flexibility index (Phi) is 4.90. The van der Waals surface area contributed by atoms with Gasteiger partial charge in [-0.25, -0.2) is 4.79 Å². The van der Waals surface area contributed by atoms with Gasteiger partial charge in [-0.05, 0) is 66.8 Å². The van der Waals surface area contributed by atoms with Gasteiger partial charge in [0.15, 0.2) is 0 Å². The first kappa shape index (κ1) is 18.3. The fourth-order valence-corrected chi connectivity index (χ4v) is 3.22. The Morgan fingerprint density at radius 1 is 1.07 bits per heavy atom. The lowest BCUT2D eigenvalue weighted by molar-refractivity contribution is 0.229. The molecule has 7 heteroatoms. The van der Waals surface area contributed by atoms with E-state index in [0.29, 0.717) is 17.4 Å². The Balaban J connectivity index is 1.72. The monoisotopic (exact) mass is 380 g/mol. The van der Waals surface area contributed by atoms with Crippen molar-refractivity contribution in [2.75, 3.05) is 0 Å². The molecule has 3 aromatic rings. The number of aryl methyl sites for hydroxylation is 1. The van der Waals surface area contributed by atoms with Gasteiger partial charge in [0, 0.05) is 7.05 Å². The maximum atomic E-state index is 12.4. The molecule has 0 atom stereocenters. The number of ether oxygens (including phenoxy) is 2. The van der Waals surface area contributed by atoms with Crippen molar-refractivity contribution in [3.8, 4) is 17.2 Å². The molecule has 2 aromatic carbocycles. The summed E-state index contributed by atoms with van der Waals surface area (Å²) in [5, 5.41) is 7.81. The van der Waals surface area contributed by atoms with E-state index < -0.39 is 0 Å². The Bertz CT molecular complexity index is 1030. The molecule has 0 saturated heterocycles. The average Bonchev–Trinajstić information content (AvgIpc) is 3.47. The van der Waals surface area contributed by atoms with Crippen LogP contribution in [-0.4, -0.2) is 25.9 Å². The SMILES string of the molecule is CC(C)Oc1cccc(-n2nnn(C)c2=O)c1COc1ccccc1C1CC1. The van der Waals surface area contributed by atoms with Crippen LogP contribution < -0.4 is 15.2 Å². The van der Waals surface area contributed by atoms with Gasteiger partial charge >= 0.3 is 5.69 Å². The first-order valence-electron chi connectivity index (χ1n) is 9.54. The number of tetrazole rings is 1. The molecule has 0 amide bonds. The molecule has 146 valence electrons. The van der Waals surface area contributed by atoms with Crippen LogP contribution in [0.15, 0.2) is 47.3 Å². The Hall–Kier alpha value is -3.09. The van der Waals surface area contributed by atoms with E-state index in [1.165, 1.54) is 27.8 Å². The van der Waals surface area contributed by atoms with Crippen LogP contribution in [-0.2, 0) is 13.7 Å². The van der Waals surface area contributed by atoms with Gasteiger partial charge in [0.25, 0.3) is 0 Å². The van der Waals surface area contributed by atoms with Crippen molar-refractivity contribution in [2.45, 2.75) is 45.3 Å². The molecule has 0 aliphatic heterocycles. The minimum atomic E-state index is -0.318. The summed E-state index contributed by atoms with van der Waals surface area (Å²) in [6.45, 7) is 4.20. The zero-order valence-electron chi connectivity index (χ0n) is 16.3. The maximum Gasteiger partial charge on any atom is 0.368 e. The first-order chi connectivity index (χ1) is 13.5. The molecule has 0 unspecified atom stereocenters. The maximum absolute atomic E-state index is 12.4. The summed E-state index contributed by atoms with van der Waals surface area (Å²) in [7, 11) is 1.57. The van der Waals surface area contributed by atoms with Crippen molar-refractivity contribution in [1.29, 1.82) is 0 Å². The zero-order valence-corrected chi connectivity index (χ0v) is 16.3. The highest BCUT2D eigenvalue weighted by Crippen LogP contribution is 2.44. The van der Waals surface area contributed by atoms with Crippen LogP contribution in [0.25, 0.3) is 5.69 Å². The predicted octanol–water partition coefficient (Wildman–Crippen LogP) is 3.21. The zero-order chi connectivity index (χ0) is 19.7. The van der Waals surface area contributed by atoms with E-state index in [9.17, 15) is 4.79 Å². The number of rotatable bonds is 7. The van der Waals surface area contributed by atoms with E-state index in [1.807, 2.05) is 50.2 Å². The van der Waals surface area contributed by atoms with Gasteiger partial charge in [-0.15, -0.1) is 0 Å². The molecule has 4 rings (SSSR count). The molecule has 1 aliphatic rings. The van der Waals surface area contributed by atoms with Crippen molar-refractivity contribution in [3.63, 3.8) is 0 Å². The highest BCUT2D eigenvalue weighted by atomic mass is 16.5. The molecule has 1 saturated carbocycles. The summed E-state index contributed by atoms with van der Waals surface area (Å²) in [6.07, 6.45) is 2.40. The standard InChI is InChI=1S/C21H24N4O3/c1-14(2)28-20-10-6-8-18(25-21(26)24(3)22-23-25)17(20)13-27-19-9-5-4-7-16(19)15-11-12-15/h4-10,14-15H,11-13H2,1-3H3. The van der Waals surface area contributed by atoms with E-state index in [0.717, 1.165) is 11.3 Å². The van der Waals surface area contributed by atoms with Crippen LogP contribution in [0.4, 0.5) is 0 Å². The molecule has 1 aromatic heterocycles. The number of nitrogens with zero attached hydrogens (tertiary/aromatic N) is 4. The van der Waals surface area contributed by atoms with Crippen LogP contribution in [0, 0.1) is 0 Å². The minimum absolute atomic E-state index is 0.00803. The average molecular weight is 380 g/mol. The summed E-state index contributed by atoms with van der Waals surface area (Å²) >= 11 is 0. The molecule has 1 heterocycles. The third-order valence-electron chi connectivity index (χ3n) is 4.73. The minimum Gasteiger partial charge on any atom is -0.491 e. The van der Waals surface area contributed by atoms with Crippen LogP contribution in [0.5, 0.6) is 11.5 Å². The van der Waals surface area contributed by atoms with Gasteiger partial charge in [0.05, 0.1) is 17.4 Å². The highest BCUT2D eigenvalue weighted by Gasteiger charge is 2.26. The molecule has 7 nitrogen and oxygen atoms in total. The molecule has 0 bridgehead atoms. The smallest absolute Gasteiger partial charge is 0.368 e. The summed E-state index contributed by atoms with van der Waals surface area (Å²) in [6, 6.07) is 13.7. The highest BCUT2D eigenvalue weighted by molar-refractivity contribution is 5.49. The number of hydrogen-bond donors (Lipinski definition) is 0. The number of para-hydroxylation sites is 1. The molecule has 1 fully saturated rings. The van der Waals surface area contributed by atoms with Crippen LogP contribution >= 0.6 is 0 Å². The van der Waals surface area contributed by atoms with Gasteiger partial charge in [0.1, 0.15) is 18.1 Å². The molecular formula is C21H24N4O3. The van der Waals surface area contributed by atoms with Crippen LogP contribution in [0.1, 0.15) is 43.7 Å². The topological polar surface area (TPSA) is 71.2 Å². The summed E-state index contributed by atoms with van der Waals surface area (Å²) in [5.74, 6) is 2.14. The molecule has 0 radical (unpaired) electrons. The summed E-state index contributed by atoms with van der Waals surface area (Å²) < 4.78 is 14.7. The Morgan fingerprint density at radius 3 is 2.50 bits per heavy atom. The van der Waals surface area contributed by atoms with Crippen molar-refractivity contribution < 1.29 is 9.47 Å². The van der Waals surface area contributed by atoms with E-state index in [1.54, 1.807) is 7.05 Å². The largest absolute Gasteiger partial charge is 0.491 e. The van der Waals surface area contributed by atoms with Gasteiger partial charge in [-0.3, -0.25) is 0 Å². The third kappa shape index (κ3) is 3.65. The molecule has 1 aliphatic carbocycles. The molecule has 0 spiro atoms. The molecule has 28 heavy (non-hydrogen) atoms. The van der Waals surface area contributed by atoms with Gasteiger partial charge in [0.2, 0.25) is 0 Å². The predicted molar refractivity (Wildman–Crippen MR) is 105 cm³/mol. The van der Waals surface area contributed by atoms with Crippen molar-refractivity contribution >= 4 is 0 Å². The second-order valence-electron chi connectivity index (χ2n) is 7.32. The number of hydrogen-bond acceptors (Lipinski definition) is 5. The van der Waals surface area contributed by atoms with E-state index in [-0.39, 0.29) is 18.4 Å². The van der Waals surface area contributed by atoms with Crippen molar-refractivity contribution in [2.24, 2.45) is 7.05 Å². The lowest BCUT2D eigenvalue weighted by Crippen LogP contribution is -2.23. The summed E-state index contributed by atoms with van der Waals surface area (Å²) in [5.41, 5.74) is 2.30. The second-order valence-corrected chi connectivity index (χ2v) is 7.32. The van der Waals surface area contributed by atoms with E-state index in [2.05, 4.69) is 16.5 Å². The van der Waals surface area contributed by atoms with Gasteiger partial charge in [-0.2, -0.15) is 9.36 Å². The van der Waals surface area contributed by atoms with Gasteiger partial charge in [-0.1, -0.05) is 24.3 Å². The molecular weight excluding hydrogens is 356 g/mol.